The molecule has 0 saturated heterocycles. The Morgan fingerprint density at radius 3 is 2.37 bits per heavy atom. The van der Waals surface area contributed by atoms with Crippen molar-refractivity contribution < 1.29 is 13.6 Å². The van der Waals surface area contributed by atoms with E-state index in [1.165, 1.54) is 0 Å². The van der Waals surface area contributed by atoms with Gasteiger partial charge in [0.05, 0.1) is 0 Å². The molecule has 2 aromatic rings. The van der Waals surface area contributed by atoms with Gasteiger partial charge in [0, 0.05) is 24.2 Å². The van der Waals surface area contributed by atoms with Crippen LogP contribution < -0.4 is 5.32 Å². The van der Waals surface area contributed by atoms with E-state index in [1.807, 2.05) is 30.3 Å². The van der Waals surface area contributed by atoms with Crippen molar-refractivity contribution in [2.75, 3.05) is 6.54 Å². The molecule has 0 bridgehead atoms. The summed E-state index contributed by atoms with van der Waals surface area (Å²) in [5, 5.41) is 2.60. The number of carbonyl (C=O) groups is 1. The molecule has 0 unspecified atom stereocenters. The van der Waals surface area contributed by atoms with E-state index in [0.29, 0.717) is 13.0 Å². The summed E-state index contributed by atoms with van der Waals surface area (Å²) in [6.45, 7) is 0.397. The summed E-state index contributed by atoms with van der Waals surface area (Å²) in [6.07, 6.45) is 0.655. The lowest BCUT2D eigenvalue weighted by Crippen LogP contribution is -2.26. The van der Waals surface area contributed by atoms with E-state index >= 15 is 0 Å². The van der Waals surface area contributed by atoms with Gasteiger partial charge in [-0.2, -0.15) is 13.8 Å². The second kappa shape index (κ2) is 6.04. The van der Waals surface area contributed by atoms with Crippen LogP contribution in [0.15, 0.2) is 42.5 Å². The molecule has 19 heavy (non-hydrogen) atoms. The average Bonchev–Trinajstić information content (AvgIpc) is 2.38. The number of amides is 1. The second-order valence-electron chi connectivity index (χ2n) is 3.99. The number of benzene rings is 1. The lowest BCUT2D eigenvalue weighted by molar-refractivity contribution is 0.0953. The van der Waals surface area contributed by atoms with Gasteiger partial charge in [0.2, 0.25) is 11.9 Å². The number of nitrogens with zero attached hydrogens (tertiary/aromatic N) is 1. The van der Waals surface area contributed by atoms with Gasteiger partial charge in [-0.3, -0.25) is 4.79 Å². The Kier molecular flexibility index (Phi) is 4.18. The van der Waals surface area contributed by atoms with E-state index in [0.717, 1.165) is 17.7 Å². The van der Waals surface area contributed by atoms with E-state index in [1.54, 1.807) is 0 Å². The maximum Gasteiger partial charge on any atom is 0.251 e. The molecule has 0 saturated carbocycles. The molecule has 0 atom stereocenters. The van der Waals surface area contributed by atoms with Crippen molar-refractivity contribution in [1.82, 2.24) is 10.3 Å². The number of hydrogen-bond donors (Lipinski definition) is 1. The van der Waals surface area contributed by atoms with Gasteiger partial charge in [-0.1, -0.05) is 30.3 Å². The third-order valence-electron chi connectivity index (χ3n) is 2.57. The quantitative estimate of drug-likeness (QED) is 0.859. The minimum absolute atomic E-state index is 0.0712. The number of nitrogens with one attached hydrogen (secondary N) is 1. The van der Waals surface area contributed by atoms with Crippen molar-refractivity contribution >= 4 is 5.91 Å². The van der Waals surface area contributed by atoms with Crippen LogP contribution >= 0.6 is 0 Å². The highest BCUT2D eigenvalue weighted by Gasteiger charge is 2.09. The van der Waals surface area contributed by atoms with Crippen LogP contribution in [-0.2, 0) is 6.42 Å². The molecule has 1 heterocycles. The van der Waals surface area contributed by atoms with E-state index in [4.69, 9.17) is 0 Å². The van der Waals surface area contributed by atoms with Crippen molar-refractivity contribution in [1.29, 1.82) is 0 Å². The number of pyridine rings is 1. The van der Waals surface area contributed by atoms with Crippen molar-refractivity contribution in [2.24, 2.45) is 0 Å². The van der Waals surface area contributed by atoms with E-state index in [9.17, 15) is 13.6 Å². The first-order valence-corrected chi connectivity index (χ1v) is 5.80. The summed E-state index contributed by atoms with van der Waals surface area (Å²) in [6, 6.07) is 11.4. The zero-order valence-electron chi connectivity index (χ0n) is 10.1. The number of rotatable bonds is 4. The number of halogens is 2. The van der Waals surface area contributed by atoms with Crippen molar-refractivity contribution in [3.8, 4) is 0 Å². The molecule has 1 aromatic carbocycles. The molecule has 0 aliphatic rings. The SMILES string of the molecule is O=C(NCCc1ccccc1)c1cc(F)nc(F)c1. The van der Waals surface area contributed by atoms with E-state index < -0.39 is 17.8 Å². The van der Waals surface area contributed by atoms with Gasteiger partial charge < -0.3 is 5.32 Å². The monoisotopic (exact) mass is 262 g/mol. The zero-order valence-corrected chi connectivity index (χ0v) is 10.1. The smallest absolute Gasteiger partial charge is 0.251 e. The molecule has 0 radical (unpaired) electrons. The lowest BCUT2D eigenvalue weighted by atomic mass is 10.1. The number of carbonyl (C=O) groups excluding carboxylic acids is 1. The Bertz CT molecular complexity index is 553. The fraction of sp³-hybridized carbons (Fsp3) is 0.143. The van der Waals surface area contributed by atoms with Gasteiger partial charge in [-0.05, 0) is 12.0 Å². The van der Waals surface area contributed by atoms with E-state index in [2.05, 4.69) is 10.3 Å². The topological polar surface area (TPSA) is 42.0 Å². The standard InChI is InChI=1S/C14H12F2N2O/c15-12-8-11(9-13(16)18-12)14(19)17-7-6-10-4-2-1-3-5-10/h1-5,8-9H,6-7H2,(H,17,19). The first-order chi connectivity index (χ1) is 9.15. The van der Waals surface area contributed by atoms with Crippen molar-refractivity contribution in [2.45, 2.75) is 6.42 Å². The van der Waals surface area contributed by atoms with Gasteiger partial charge in [0.1, 0.15) is 0 Å². The van der Waals surface area contributed by atoms with E-state index in [-0.39, 0.29) is 5.56 Å². The Balaban J connectivity index is 1.91. The highest BCUT2D eigenvalue weighted by Crippen LogP contribution is 2.04. The molecule has 0 fully saturated rings. The van der Waals surface area contributed by atoms with Crippen LogP contribution in [-0.4, -0.2) is 17.4 Å². The number of aromatic nitrogens is 1. The van der Waals surface area contributed by atoms with Crippen LogP contribution in [0.5, 0.6) is 0 Å². The van der Waals surface area contributed by atoms with Gasteiger partial charge in [0.15, 0.2) is 0 Å². The first-order valence-electron chi connectivity index (χ1n) is 5.80. The summed E-state index contributed by atoms with van der Waals surface area (Å²) < 4.78 is 25.7. The molecule has 0 aliphatic heterocycles. The van der Waals surface area contributed by atoms with Crippen LogP contribution in [0.4, 0.5) is 8.78 Å². The summed E-state index contributed by atoms with van der Waals surface area (Å²) in [7, 11) is 0. The minimum atomic E-state index is -1.01. The summed E-state index contributed by atoms with van der Waals surface area (Å²) in [5.74, 6) is -2.53. The normalized spacial score (nSPS) is 10.2. The Morgan fingerprint density at radius 1 is 1.11 bits per heavy atom. The lowest BCUT2D eigenvalue weighted by Gasteiger charge is -2.05. The molecule has 3 nitrogen and oxygen atoms in total. The molecule has 0 aliphatic carbocycles. The molecular formula is C14H12F2N2O. The van der Waals surface area contributed by atoms with Crippen molar-refractivity contribution in [3.05, 3.63) is 65.5 Å². The van der Waals surface area contributed by atoms with Crippen LogP contribution in [0.25, 0.3) is 0 Å². The second-order valence-corrected chi connectivity index (χ2v) is 3.99. The van der Waals surface area contributed by atoms with Crippen LogP contribution in [0.1, 0.15) is 15.9 Å². The predicted octanol–water partition coefficient (Wildman–Crippen LogP) is 2.33. The first kappa shape index (κ1) is 13.1. The largest absolute Gasteiger partial charge is 0.352 e. The third-order valence-corrected chi connectivity index (χ3v) is 2.57. The Labute approximate surface area is 109 Å². The molecule has 1 N–H and O–H groups in total. The van der Waals surface area contributed by atoms with Gasteiger partial charge in [0.25, 0.3) is 5.91 Å². The fourth-order valence-corrected chi connectivity index (χ4v) is 1.66. The molecule has 5 heteroatoms. The maximum atomic E-state index is 12.8. The minimum Gasteiger partial charge on any atom is -0.352 e. The van der Waals surface area contributed by atoms with Gasteiger partial charge >= 0.3 is 0 Å². The maximum absolute atomic E-state index is 12.8. The Morgan fingerprint density at radius 2 is 1.74 bits per heavy atom. The van der Waals surface area contributed by atoms with Crippen LogP contribution in [0, 0.1) is 11.9 Å². The molecule has 1 aromatic heterocycles. The molecule has 98 valence electrons. The van der Waals surface area contributed by atoms with Crippen LogP contribution in [0.3, 0.4) is 0 Å². The zero-order chi connectivity index (χ0) is 13.7. The summed E-state index contributed by atoms with van der Waals surface area (Å²) in [5.41, 5.74) is 1.01. The van der Waals surface area contributed by atoms with Gasteiger partial charge in [-0.25, -0.2) is 0 Å². The third kappa shape index (κ3) is 3.84. The molecular weight excluding hydrogens is 250 g/mol. The highest BCUT2D eigenvalue weighted by molar-refractivity contribution is 5.94. The van der Waals surface area contributed by atoms with Gasteiger partial charge in [-0.15, -0.1) is 0 Å². The molecule has 2 rings (SSSR count). The predicted molar refractivity (Wildman–Crippen MR) is 66.6 cm³/mol. The number of hydrogen-bond acceptors (Lipinski definition) is 2. The molecule has 0 spiro atoms. The summed E-state index contributed by atoms with van der Waals surface area (Å²) in [4.78, 5) is 14.6. The average molecular weight is 262 g/mol. The fourth-order valence-electron chi connectivity index (χ4n) is 1.66. The Hall–Kier alpha value is -2.30. The highest BCUT2D eigenvalue weighted by atomic mass is 19.1. The molecule has 1 amide bonds. The van der Waals surface area contributed by atoms with Crippen LogP contribution in [0.2, 0.25) is 0 Å². The van der Waals surface area contributed by atoms with Crippen molar-refractivity contribution in [3.63, 3.8) is 0 Å². The summed E-state index contributed by atoms with van der Waals surface area (Å²) >= 11 is 0.